The Kier molecular flexibility index (Phi) is 6.28. The first kappa shape index (κ1) is 23.5. The summed E-state index contributed by atoms with van der Waals surface area (Å²) in [5.41, 5.74) is 9.35. The maximum atomic E-state index is 12.9. The van der Waals surface area contributed by atoms with E-state index >= 15 is 0 Å². The minimum Gasteiger partial charge on any atom is -0.491 e. The van der Waals surface area contributed by atoms with Gasteiger partial charge in [0.15, 0.2) is 11.4 Å². The van der Waals surface area contributed by atoms with E-state index in [1.165, 1.54) is 0 Å². The van der Waals surface area contributed by atoms with Crippen molar-refractivity contribution in [3.05, 3.63) is 58.4 Å². The van der Waals surface area contributed by atoms with Crippen LogP contribution in [0, 0.1) is 0 Å². The fraction of sp³-hybridized carbons (Fsp3) is 0.320. The lowest BCUT2D eigenvalue weighted by atomic mass is 10.2. The van der Waals surface area contributed by atoms with Gasteiger partial charge in [-0.05, 0) is 42.5 Å². The number of benzene rings is 1. The number of hydrogen-bond donors (Lipinski definition) is 2. The zero-order chi connectivity index (χ0) is 25.4. The Labute approximate surface area is 215 Å². The molecule has 0 spiro atoms. The van der Waals surface area contributed by atoms with Crippen LogP contribution >= 0.6 is 11.3 Å². The first-order valence-corrected chi connectivity index (χ1v) is 13.0. The maximum Gasteiger partial charge on any atom is 0.309 e. The number of aromatic nitrogens is 4. The van der Waals surface area contributed by atoms with Gasteiger partial charge in [0.05, 0.1) is 18.4 Å². The van der Waals surface area contributed by atoms with Crippen molar-refractivity contribution in [2.75, 3.05) is 56.6 Å². The molecule has 0 unspecified atom stereocenters. The largest absolute Gasteiger partial charge is 0.491 e. The van der Waals surface area contributed by atoms with Gasteiger partial charge in [0, 0.05) is 45.0 Å². The van der Waals surface area contributed by atoms with Gasteiger partial charge in [-0.15, -0.1) is 0 Å². The Morgan fingerprint density at radius 2 is 1.92 bits per heavy atom. The van der Waals surface area contributed by atoms with Gasteiger partial charge in [-0.1, -0.05) is 11.3 Å². The Hall–Kier alpha value is -3.87. The number of aliphatic hydroxyl groups is 1. The molecule has 0 atom stereocenters. The minimum absolute atomic E-state index is 0.00118. The second kappa shape index (κ2) is 9.88. The molecule has 4 aromatic heterocycles. The molecule has 1 aliphatic rings. The Bertz CT molecular complexity index is 1560. The molecule has 0 bridgehead atoms. The molecular formula is C25H27N7O4S. The summed E-state index contributed by atoms with van der Waals surface area (Å²) < 4.78 is 15.0. The molecule has 1 aliphatic heterocycles. The number of rotatable bonds is 8. The van der Waals surface area contributed by atoms with Crippen LogP contribution in [0.25, 0.3) is 27.3 Å². The lowest BCUT2D eigenvalue weighted by molar-refractivity contribution is 0.201. The average molecular weight is 522 g/mol. The molecule has 5 heterocycles. The highest BCUT2D eigenvalue weighted by Gasteiger charge is 2.21. The first-order valence-electron chi connectivity index (χ1n) is 12.1. The molecular weight excluding hydrogens is 494 g/mol. The number of thiazole rings is 1. The summed E-state index contributed by atoms with van der Waals surface area (Å²) in [5.74, 6) is 1.62. The van der Waals surface area contributed by atoms with Crippen LogP contribution in [-0.4, -0.2) is 75.1 Å². The van der Waals surface area contributed by atoms with Gasteiger partial charge in [0.25, 0.3) is 0 Å². The van der Waals surface area contributed by atoms with Crippen LogP contribution in [0.5, 0.6) is 5.75 Å². The van der Waals surface area contributed by atoms with Crippen molar-refractivity contribution in [3.8, 4) is 17.2 Å². The highest BCUT2D eigenvalue weighted by Crippen LogP contribution is 2.28. The summed E-state index contributed by atoms with van der Waals surface area (Å²) in [7, 11) is 0. The van der Waals surface area contributed by atoms with Gasteiger partial charge in [0.1, 0.15) is 22.8 Å². The molecule has 0 saturated carbocycles. The van der Waals surface area contributed by atoms with E-state index in [1.54, 1.807) is 21.4 Å². The topological polar surface area (TPSA) is 127 Å². The number of nitrogen functional groups attached to an aromatic ring is 1. The summed E-state index contributed by atoms with van der Waals surface area (Å²) in [6.45, 7) is 5.17. The third kappa shape index (κ3) is 4.54. The fourth-order valence-electron chi connectivity index (χ4n) is 4.68. The molecule has 192 valence electrons. The van der Waals surface area contributed by atoms with E-state index in [2.05, 4.69) is 19.9 Å². The van der Waals surface area contributed by atoms with E-state index in [1.807, 2.05) is 36.4 Å². The lowest BCUT2D eigenvalue weighted by Crippen LogP contribution is -2.47. The fourth-order valence-corrected chi connectivity index (χ4v) is 5.64. The van der Waals surface area contributed by atoms with Gasteiger partial charge in [0.2, 0.25) is 5.95 Å². The molecule has 0 radical (unpaired) electrons. The second-order valence-corrected chi connectivity index (χ2v) is 9.80. The number of furan rings is 1. The number of fused-ring (bicyclic) bond motifs is 3. The van der Waals surface area contributed by atoms with Crippen molar-refractivity contribution in [2.24, 2.45) is 0 Å². The Morgan fingerprint density at radius 1 is 1.11 bits per heavy atom. The second-order valence-electron chi connectivity index (χ2n) is 8.84. The van der Waals surface area contributed by atoms with Crippen LogP contribution < -0.4 is 20.2 Å². The molecule has 0 amide bonds. The number of nitrogens with zero attached hydrogens (tertiary/aromatic N) is 6. The van der Waals surface area contributed by atoms with Crippen molar-refractivity contribution >= 4 is 38.8 Å². The Balaban J connectivity index is 1.14. The van der Waals surface area contributed by atoms with Crippen molar-refractivity contribution in [1.29, 1.82) is 0 Å². The van der Waals surface area contributed by atoms with Gasteiger partial charge < -0.3 is 24.9 Å². The van der Waals surface area contributed by atoms with E-state index in [9.17, 15) is 4.79 Å². The highest BCUT2D eigenvalue weighted by molar-refractivity contribution is 7.17. The normalized spacial score (nSPS) is 14.7. The smallest absolute Gasteiger partial charge is 0.309 e. The number of piperazine rings is 1. The molecule has 0 aliphatic carbocycles. The molecule has 11 nitrogen and oxygen atoms in total. The summed E-state index contributed by atoms with van der Waals surface area (Å²) in [6.07, 6.45) is 1.59. The SMILES string of the molecule is Nc1nc2c(sc(=O)n2CCN2CCN(c3ccc(OCCO)cc3)CC2)c2cc(-c3ccco3)nn12. The van der Waals surface area contributed by atoms with Gasteiger partial charge in [-0.2, -0.15) is 14.6 Å². The predicted octanol–water partition coefficient (Wildman–Crippen LogP) is 2.14. The van der Waals surface area contributed by atoms with E-state index in [0.717, 1.165) is 65.7 Å². The third-order valence-electron chi connectivity index (χ3n) is 6.60. The van der Waals surface area contributed by atoms with E-state index in [4.69, 9.17) is 20.0 Å². The van der Waals surface area contributed by atoms with Gasteiger partial charge >= 0.3 is 4.87 Å². The lowest BCUT2D eigenvalue weighted by Gasteiger charge is -2.36. The van der Waals surface area contributed by atoms with E-state index in [-0.39, 0.29) is 17.4 Å². The quantitative estimate of drug-likeness (QED) is 0.316. The van der Waals surface area contributed by atoms with Crippen LogP contribution in [0.2, 0.25) is 0 Å². The summed E-state index contributed by atoms with van der Waals surface area (Å²) >= 11 is 1.16. The summed E-state index contributed by atoms with van der Waals surface area (Å²) in [6, 6.07) is 13.5. The molecule has 5 aromatic rings. The first-order chi connectivity index (χ1) is 18.1. The van der Waals surface area contributed by atoms with Crippen LogP contribution in [0.3, 0.4) is 0 Å². The van der Waals surface area contributed by atoms with Gasteiger partial charge in [-0.25, -0.2) is 0 Å². The zero-order valence-electron chi connectivity index (χ0n) is 20.1. The monoisotopic (exact) mass is 521 g/mol. The molecule has 1 saturated heterocycles. The van der Waals surface area contributed by atoms with Crippen LogP contribution in [0.4, 0.5) is 11.6 Å². The van der Waals surface area contributed by atoms with Crippen molar-refractivity contribution < 1.29 is 14.3 Å². The van der Waals surface area contributed by atoms with Crippen LogP contribution in [-0.2, 0) is 6.54 Å². The third-order valence-corrected chi connectivity index (χ3v) is 7.59. The molecule has 1 aromatic carbocycles. The molecule has 6 rings (SSSR count). The van der Waals surface area contributed by atoms with E-state index in [0.29, 0.717) is 30.3 Å². The zero-order valence-corrected chi connectivity index (χ0v) is 20.9. The number of nitrogens with two attached hydrogens (primary N) is 1. The average Bonchev–Trinajstić information content (AvgIpc) is 3.66. The summed E-state index contributed by atoms with van der Waals surface area (Å²) in [5, 5.41) is 13.4. The molecule has 12 heteroatoms. The number of aliphatic hydroxyl groups excluding tert-OH is 1. The van der Waals surface area contributed by atoms with Gasteiger partial charge in [-0.3, -0.25) is 14.3 Å². The molecule has 3 N–H and O–H groups in total. The maximum absolute atomic E-state index is 12.9. The highest BCUT2D eigenvalue weighted by atomic mass is 32.1. The standard InChI is InChI=1S/C25H27N7O4S/c26-24-27-23-22(20-16-19(28-32(20)24)21-2-1-14-36-21)37-25(34)31(23)12-9-29-7-10-30(11-8-29)17-3-5-18(6-4-17)35-15-13-33/h1-6,14,16,33H,7-13,15H2,(H2,26,27). The van der Waals surface area contributed by atoms with Crippen molar-refractivity contribution in [2.45, 2.75) is 6.54 Å². The summed E-state index contributed by atoms with van der Waals surface area (Å²) in [4.78, 5) is 22.1. The predicted molar refractivity (Wildman–Crippen MR) is 142 cm³/mol. The Morgan fingerprint density at radius 3 is 2.65 bits per heavy atom. The number of ether oxygens (including phenoxy) is 1. The minimum atomic E-state index is -0.0575. The van der Waals surface area contributed by atoms with Crippen molar-refractivity contribution in [3.63, 3.8) is 0 Å². The van der Waals surface area contributed by atoms with Crippen LogP contribution in [0.1, 0.15) is 0 Å². The molecule has 37 heavy (non-hydrogen) atoms. The van der Waals surface area contributed by atoms with Crippen LogP contribution in [0.15, 0.2) is 57.9 Å². The van der Waals surface area contributed by atoms with Crippen molar-refractivity contribution in [1.82, 2.24) is 24.1 Å². The number of hydrogen-bond acceptors (Lipinski definition) is 10. The van der Waals surface area contributed by atoms with E-state index < -0.39 is 0 Å². The number of anilines is 2. The molecule has 1 fully saturated rings.